The predicted molar refractivity (Wildman–Crippen MR) is 135 cm³/mol. The molecule has 5 N–H and O–H groups in total. The number of nitriles is 1. The van der Waals surface area contributed by atoms with E-state index in [0.29, 0.717) is 33.8 Å². The Balaban J connectivity index is 1.73. The first-order chi connectivity index (χ1) is 17.6. The molecule has 1 atom stereocenters. The minimum atomic E-state index is -1.69. The molecule has 0 bridgehead atoms. The molecule has 4 rings (SSSR count). The van der Waals surface area contributed by atoms with Crippen LogP contribution in [0, 0.1) is 11.3 Å². The maximum absolute atomic E-state index is 14.2. The Hall–Kier alpha value is -4.82. The summed E-state index contributed by atoms with van der Waals surface area (Å²) < 4.78 is 15.8. The number of aromatic nitrogens is 3. The number of halogens is 1. The van der Waals surface area contributed by atoms with Gasteiger partial charge in [-0.25, -0.2) is 8.91 Å². The molecule has 3 heterocycles. The Bertz CT molecular complexity index is 1540. The highest BCUT2D eigenvalue weighted by atomic mass is 19.1. The lowest BCUT2D eigenvalue weighted by Crippen LogP contribution is -2.42. The molecule has 0 fully saturated rings. The monoisotopic (exact) mass is 501 g/mol. The normalized spacial score (nSPS) is 12.1. The zero-order valence-electron chi connectivity index (χ0n) is 20.1. The van der Waals surface area contributed by atoms with E-state index in [1.54, 1.807) is 47.0 Å². The zero-order chi connectivity index (χ0) is 26.7. The molecule has 188 valence electrons. The Morgan fingerprint density at radius 1 is 1.22 bits per heavy atom. The number of amides is 2. The lowest BCUT2D eigenvalue weighted by atomic mass is 10.0. The maximum Gasteiger partial charge on any atom is 0.255 e. The minimum Gasteiger partial charge on any atom is -0.387 e. The van der Waals surface area contributed by atoms with Gasteiger partial charge in [0.1, 0.15) is 12.2 Å². The molecule has 0 saturated carbocycles. The second-order valence-corrected chi connectivity index (χ2v) is 8.93. The number of nitrogens with two attached hydrogens (primary N) is 1. The van der Waals surface area contributed by atoms with E-state index in [9.17, 15) is 19.1 Å². The van der Waals surface area contributed by atoms with Crippen molar-refractivity contribution in [1.82, 2.24) is 19.9 Å². The number of hydrogen-bond acceptors (Lipinski definition) is 7. The van der Waals surface area contributed by atoms with Gasteiger partial charge in [0.05, 0.1) is 52.1 Å². The van der Waals surface area contributed by atoms with Gasteiger partial charge in [-0.15, -0.1) is 0 Å². The van der Waals surface area contributed by atoms with E-state index in [-0.39, 0.29) is 11.1 Å². The van der Waals surface area contributed by atoms with Gasteiger partial charge in [-0.05, 0) is 56.3 Å². The van der Waals surface area contributed by atoms with Crippen LogP contribution in [0.1, 0.15) is 40.1 Å². The number of primary amides is 1. The molecule has 4 aromatic rings. The van der Waals surface area contributed by atoms with E-state index < -0.39 is 30.1 Å². The lowest BCUT2D eigenvalue weighted by Gasteiger charge is -2.22. The molecule has 0 radical (unpaired) electrons. The second-order valence-electron chi connectivity index (χ2n) is 8.93. The first-order valence-electron chi connectivity index (χ1n) is 11.3. The molecule has 0 aliphatic rings. The minimum absolute atomic E-state index is 0.108. The SMILES string of the molecule is CC(C)(O)C(F)CNC(=O)c1cnc(-c2ccc3cc(C#N)cnn23)cc1Nc1cccc(C(N)=O)c1. The third-order valence-electron chi connectivity index (χ3n) is 5.67. The number of benzene rings is 1. The van der Waals surface area contributed by atoms with Crippen LogP contribution in [0.25, 0.3) is 16.9 Å². The molecule has 3 aromatic heterocycles. The molecule has 1 unspecified atom stereocenters. The number of nitrogens with zero attached hydrogens (tertiary/aromatic N) is 4. The highest BCUT2D eigenvalue weighted by Gasteiger charge is 2.27. The lowest BCUT2D eigenvalue weighted by molar-refractivity contribution is -0.00177. The number of fused-ring (bicyclic) bond motifs is 1. The molecule has 2 amide bonds. The molecule has 0 aliphatic carbocycles. The van der Waals surface area contributed by atoms with E-state index in [1.807, 2.05) is 6.07 Å². The van der Waals surface area contributed by atoms with Crippen LogP contribution < -0.4 is 16.4 Å². The molecule has 0 saturated heterocycles. The summed E-state index contributed by atoms with van der Waals surface area (Å²) in [6.07, 6.45) is 1.08. The number of carbonyl (C=O) groups is 2. The van der Waals surface area contributed by atoms with Gasteiger partial charge >= 0.3 is 0 Å². The van der Waals surface area contributed by atoms with Crippen LogP contribution in [0.2, 0.25) is 0 Å². The number of rotatable bonds is 8. The third kappa shape index (κ3) is 5.55. The second kappa shape index (κ2) is 10.0. The summed E-state index contributed by atoms with van der Waals surface area (Å²) in [4.78, 5) is 29.0. The van der Waals surface area contributed by atoms with Gasteiger partial charge in [-0.1, -0.05) is 6.07 Å². The van der Waals surface area contributed by atoms with Crippen molar-refractivity contribution in [2.45, 2.75) is 25.6 Å². The van der Waals surface area contributed by atoms with Gasteiger partial charge in [-0.2, -0.15) is 10.4 Å². The summed E-state index contributed by atoms with van der Waals surface area (Å²) in [7, 11) is 0. The molecular weight excluding hydrogens is 477 g/mol. The van der Waals surface area contributed by atoms with Gasteiger partial charge in [0, 0.05) is 17.4 Å². The van der Waals surface area contributed by atoms with Gasteiger partial charge in [0.15, 0.2) is 0 Å². The summed E-state index contributed by atoms with van der Waals surface area (Å²) in [6.45, 7) is 2.22. The summed E-state index contributed by atoms with van der Waals surface area (Å²) in [5, 5.41) is 28.9. The average molecular weight is 502 g/mol. The largest absolute Gasteiger partial charge is 0.387 e. The Morgan fingerprint density at radius 3 is 2.70 bits per heavy atom. The fourth-order valence-electron chi connectivity index (χ4n) is 3.57. The van der Waals surface area contributed by atoms with Crippen molar-refractivity contribution in [3.63, 3.8) is 0 Å². The molecule has 10 nitrogen and oxygen atoms in total. The predicted octanol–water partition coefficient (Wildman–Crippen LogP) is 2.95. The number of aliphatic hydroxyl groups is 1. The summed E-state index contributed by atoms with van der Waals surface area (Å²) in [5.41, 5.74) is 7.11. The average Bonchev–Trinajstić information content (AvgIpc) is 3.29. The van der Waals surface area contributed by atoms with Crippen LogP contribution in [0.4, 0.5) is 15.8 Å². The van der Waals surface area contributed by atoms with Gasteiger partial charge < -0.3 is 21.5 Å². The third-order valence-corrected chi connectivity index (χ3v) is 5.67. The van der Waals surface area contributed by atoms with E-state index in [1.165, 1.54) is 32.3 Å². The van der Waals surface area contributed by atoms with Crippen molar-refractivity contribution < 1.29 is 19.1 Å². The van der Waals surface area contributed by atoms with Crippen LogP contribution in [0.15, 0.2) is 60.9 Å². The smallest absolute Gasteiger partial charge is 0.255 e. The quantitative estimate of drug-likeness (QED) is 0.289. The zero-order valence-corrected chi connectivity index (χ0v) is 20.1. The number of hydrogen-bond donors (Lipinski definition) is 4. The van der Waals surface area contributed by atoms with Gasteiger partial charge in [-0.3, -0.25) is 14.6 Å². The van der Waals surface area contributed by atoms with Crippen LogP contribution in [0.5, 0.6) is 0 Å². The van der Waals surface area contributed by atoms with Gasteiger partial charge in [0.2, 0.25) is 5.91 Å². The Labute approximate surface area is 211 Å². The van der Waals surface area contributed by atoms with E-state index in [0.717, 1.165) is 0 Å². The standard InChI is InChI=1S/C26H24FN7O3/c1-26(2,37)23(27)14-31-25(36)19-13-30-21(22-7-6-18-8-15(11-28)12-32-34(18)22)10-20(19)33-17-5-3-4-16(9-17)24(29)35/h3-10,12-13,23,37H,14H2,1-2H3,(H2,29,35)(H,30,33)(H,31,36). The number of anilines is 2. The van der Waals surface area contributed by atoms with Crippen molar-refractivity contribution in [2.75, 3.05) is 11.9 Å². The maximum atomic E-state index is 14.2. The number of alkyl halides is 1. The molecule has 0 aliphatic heterocycles. The topological polar surface area (TPSA) is 158 Å². The van der Waals surface area contributed by atoms with E-state index in [2.05, 4.69) is 20.7 Å². The molecular formula is C26H24FN7O3. The first-order valence-corrected chi connectivity index (χ1v) is 11.3. The fraction of sp³-hybridized carbons (Fsp3) is 0.192. The molecule has 11 heteroatoms. The van der Waals surface area contributed by atoms with Gasteiger partial charge in [0.25, 0.3) is 5.91 Å². The van der Waals surface area contributed by atoms with Crippen LogP contribution >= 0.6 is 0 Å². The van der Waals surface area contributed by atoms with E-state index in [4.69, 9.17) is 11.0 Å². The van der Waals surface area contributed by atoms with Crippen LogP contribution in [-0.2, 0) is 0 Å². The van der Waals surface area contributed by atoms with E-state index >= 15 is 0 Å². The van der Waals surface area contributed by atoms with Crippen molar-refractivity contribution in [3.05, 3.63) is 77.6 Å². The highest BCUT2D eigenvalue weighted by molar-refractivity contribution is 6.01. The number of carbonyl (C=O) groups excluding carboxylic acids is 2. The molecule has 37 heavy (non-hydrogen) atoms. The Kier molecular flexibility index (Phi) is 6.86. The fourth-order valence-corrected chi connectivity index (χ4v) is 3.57. The number of pyridine rings is 1. The van der Waals surface area contributed by atoms with Crippen molar-refractivity contribution >= 4 is 28.7 Å². The van der Waals surface area contributed by atoms with Crippen molar-refractivity contribution in [2.24, 2.45) is 5.73 Å². The number of nitrogens with one attached hydrogen (secondary N) is 2. The van der Waals surface area contributed by atoms with Crippen LogP contribution in [0.3, 0.4) is 0 Å². The molecule has 1 aromatic carbocycles. The summed E-state index contributed by atoms with van der Waals surface area (Å²) in [5.74, 6) is -1.23. The first kappa shape index (κ1) is 25.3. The molecule has 0 spiro atoms. The van der Waals surface area contributed by atoms with Crippen LogP contribution in [-0.4, -0.2) is 49.8 Å². The van der Waals surface area contributed by atoms with Crippen molar-refractivity contribution in [3.8, 4) is 17.5 Å². The summed E-state index contributed by atoms with van der Waals surface area (Å²) >= 11 is 0. The summed E-state index contributed by atoms with van der Waals surface area (Å²) in [6, 6.07) is 15.3. The van der Waals surface area contributed by atoms with Crippen molar-refractivity contribution in [1.29, 1.82) is 5.26 Å². The highest BCUT2D eigenvalue weighted by Crippen LogP contribution is 2.28. The Morgan fingerprint density at radius 2 is 2.00 bits per heavy atom.